The van der Waals surface area contributed by atoms with E-state index >= 15 is 0 Å². The second kappa shape index (κ2) is 7.08. The number of benzene rings is 2. The van der Waals surface area contributed by atoms with Crippen LogP contribution in [0.15, 0.2) is 42.5 Å². The fourth-order valence-electron chi connectivity index (χ4n) is 2.37. The number of aromatic amines is 1. The number of aromatic nitrogens is 3. The predicted octanol–water partition coefficient (Wildman–Crippen LogP) is 2.64. The van der Waals surface area contributed by atoms with Crippen LogP contribution < -0.4 is 4.74 Å². The number of fused-ring (bicyclic) bond motifs is 1. The van der Waals surface area contributed by atoms with Gasteiger partial charge in [0.05, 0.1) is 12.2 Å². The number of H-pyrrole nitrogens is 1. The van der Waals surface area contributed by atoms with Crippen LogP contribution in [0.2, 0.25) is 0 Å². The summed E-state index contributed by atoms with van der Waals surface area (Å²) < 4.78 is 18.3. The summed E-state index contributed by atoms with van der Waals surface area (Å²) in [5.41, 5.74) is 1.74. The maximum atomic E-state index is 12.8. The van der Waals surface area contributed by atoms with Crippen LogP contribution in [0.5, 0.6) is 5.75 Å². The lowest BCUT2D eigenvalue weighted by Crippen LogP contribution is -2.28. The van der Waals surface area contributed by atoms with Crippen molar-refractivity contribution >= 4 is 16.9 Å². The van der Waals surface area contributed by atoms with Crippen LogP contribution in [-0.2, 0) is 0 Å². The average Bonchev–Trinajstić information content (AvgIpc) is 3.08. The average molecular weight is 328 g/mol. The molecule has 0 aliphatic carbocycles. The molecule has 0 saturated heterocycles. The van der Waals surface area contributed by atoms with Gasteiger partial charge >= 0.3 is 0 Å². The molecule has 1 heterocycles. The van der Waals surface area contributed by atoms with Crippen LogP contribution in [0.3, 0.4) is 0 Å². The number of amides is 1. The summed E-state index contributed by atoms with van der Waals surface area (Å²) >= 11 is 0. The Morgan fingerprint density at radius 1 is 1.21 bits per heavy atom. The van der Waals surface area contributed by atoms with Gasteiger partial charge in [0.25, 0.3) is 5.91 Å². The molecule has 3 aromatic rings. The molecule has 3 rings (SSSR count). The quantitative estimate of drug-likeness (QED) is 0.706. The Kier molecular flexibility index (Phi) is 4.69. The molecule has 1 N–H and O–H groups in total. The van der Waals surface area contributed by atoms with E-state index in [-0.39, 0.29) is 11.7 Å². The molecule has 6 nitrogen and oxygen atoms in total. The van der Waals surface area contributed by atoms with Gasteiger partial charge in [0.15, 0.2) is 0 Å². The summed E-state index contributed by atoms with van der Waals surface area (Å²) in [4.78, 5) is 14.1. The number of halogens is 1. The topological polar surface area (TPSA) is 71.1 Å². The zero-order valence-corrected chi connectivity index (χ0v) is 13.2. The number of para-hydroxylation sites is 1. The van der Waals surface area contributed by atoms with Crippen LogP contribution in [0, 0.1) is 5.82 Å². The van der Waals surface area contributed by atoms with Gasteiger partial charge in [0, 0.05) is 13.6 Å². The zero-order chi connectivity index (χ0) is 16.9. The summed E-state index contributed by atoms with van der Waals surface area (Å²) in [6.45, 7) is 0.978. The van der Waals surface area contributed by atoms with Crippen LogP contribution in [0.4, 0.5) is 4.39 Å². The van der Waals surface area contributed by atoms with Gasteiger partial charge < -0.3 is 9.64 Å². The Labute approximate surface area is 138 Å². The van der Waals surface area contributed by atoms with Gasteiger partial charge in [-0.05, 0) is 42.8 Å². The van der Waals surface area contributed by atoms with Crippen molar-refractivity contribution in [3.8, 4) is 5.75 Å². The van der Waals surface area contributed by atoms with Gasteiger partial charge in [-0.1, -0.05) is 6.07 Å². The molecule has 1 aromatic heterocycles. The van der Waals surface area contributed by atoms with E-state index in [0.717, 1.165) is 0 Å². The van der Waals surface area contributed by atoms with E-state index < -0.39 is 0 Å². The van der Waals surface area contributed by atoms with Gasteiger partial charge in [0.1, 0.15) is 22.6 Å². The van der Waals surface area contributed by atoms with Gasteiger partial charge in [-0.15, -0.1) is 0 Å². The first-order chi connectivity index (χ1) is 11.6. The van der Waals surface area contributed by atoms with Crippen LogP contribution in [0.1, 0.15) is 16.8 Å². The summed E-state index contributed by atoms with van der Waals surface area (Å²) in [5.74, 6) is 0.198. The highest BCUT2D eigenvalue weighted by Crippen LogP contribution is 2.15. The smallest absolute Gasteiger partial charge is 0.255 e. The highest BCUT2D eigenvalue weighted by molar-refractivity contribution is 6.04. The van der Waals surface area contributed by atoms with Gasteiger partial charge in [-0.2, -0.15) is 15.4 Å². The van der Waals surface area contributed by atoms with Crippen LogP contribution >= 0.6 is 0 Å². The number of nitrogens with one attached hydrogen (secondary N) is 1. The number of carbonyl (C=O) groups is 1. The number of rotatable bonds is 6. The molecule has 2 aromatic carbocycles. The van der Waals surface area contributed by atoms with E-state index in [0.29, 0.717) is 41.9 Å². The molecule has 0 atom stereocenters. The highest BCUT2D eigenvalue weighted by Gasteiger charge is 2.16. The molecule has 0 aliphatic rings. The third kappa shape index (κ3) is 3.51. The molecule has 24 heavy (non-hydrogen) atoms. The minimum atomic E-state index is -0.297. The van der Waals surface area contributed by atoms with E-state index in [1.807, 2.05) is 0 Å². The first-order valence-corrected chi connectivity index (χ1v) is 7.58. The maximum Gasteiger partial charge on any atom is 0.255 e. The van der Waals surface area contributed by atoms with E-state index in [9.17, 15) is 9.18 Å². The highest BCUT2D eigenvalue weighted by atomic mass is 19.1. The van der Waals surface area contributed by atoms with Crippen LogP contribution in [0.25, 0.3) is 11.0 Å². The van der Waals surface area contributed by atoms with Crippen molar-refractivity contribution in [2.75, 3.05) is 20.2 Å². The van der Waals surface area contributed by atoms with Gasteiger partial charge in [-0.3, -0.25) is 4.79 Å². The maximum absolute atomic E-state index is 12.8. The number of carbonyl (C=O) groups excluding carboxylic acids is 1. The number of hydrogen-bond acceptors (Lipinski definition) is 4. The third-order valence-corrected chi connectivity index (χ3v) is 3.64. The number of hydrogen-bond donors (Lipinski definition) is 1. The minimum Gasteiger partial charge on any atom is -0.494 e. The second-order valence-electron chi connectivity index (χ2n) is 5.38. The molecule has 0 bridgehead atoms. The van der Waals surface area contributed by atoms with Crippen LogP contribution in [-0.4, -0.2) is 46.4 Å². The van der Waals surface area contributed by atoms with Crippen molar-refractivity contribution in [1.82, 2.24) is 20.3 Å². The van der Waals surface area contributed by atoms with Crippen molar-refractivity contribution in [1.29, 1.82) is 0 Å². The monoisotopic (exact) mass is 328 g/mol. The lowest BCUT2D eigenvalue weighted by molar-refractivity contribution is 0.0789. The predicted molar refractivity (Wildman–Crippen MR) is 87.4 cm³/mol. The largest absolute Gasteiger partial charge is 0.494 e. The van der Waals surface area contributed by atoms with Gasteiger partial charge in [-0.25, -0.2) is 4.39 Å². The molecule has 0 aliphatic heterocycles. The summed E-state index contributed by atoms with van der Waals surface area (Å²) in [7, 11) is 1.74. The Morgan fingerprint density at radius 2 is 2.00 bits per heavy atom. The van der Waals surface area contributed by atoms with Crippen molar-refractivity contribution in [2.45, 2.75) is 6.42 Å². The van der Waals surface area contributed by atoms with E-state index in [4.69, 9.17) is 4.74 Å². The fraction of sp³-hybridized carbons (Fsp3) is 0.235. The van der Waals surface area contributed by atoms with Crippen molar-refractivity contribution < 1.29 is 13.9 Å². The van der Waals surface area contributed by atoms with Crippen molar-refractivity contribution in [2.24, 2.45) is 0 Å². The summed E-state index contributed by atoms with van der Waals surface area (Å²) in [6, 6.07) is 11.2. The Bertz CT molecular complexity index is 832. The molecule has 0 radical (unpaired) electrons. The molecule has 0 saturated carbocycles. The molecular weight excluding hydrogens is 311 g/mol. The first kappa shape index (κ1) is 15.9. The van der Waals surface area contributed by atoms with E-state index in [1.54, 1.807) is 42.3 Å². The molecule has 0 fully saturated rings. The number of nitrogens with zero attached hydrogens (tertiary/aromatic N) is 3. The lowest BCUT2D eigenvalue weighted by atomic mass is 10.1. The summed E-state index contributed by atoms with van der Waals surface area (Å²) in [6.07, 6.45) is 0.661. The standard InChI is InChI=1S/C17H17FN4O2/c1-22(10-3-11-24-13-8-6-12(18)7-9-13)17(23)14-4-2-5-15-16(14)20-21-19-15/h2,4-9H,3,10-11H2,1H3,(H,19,20,21). The Morgan fingerprint density at radius 3 is 2.79 bits per heavy atom. The summed E-state index contributed by atoms with van der Waals surface area (Å²) in [5, 5.41) is 10.5. The van der Waals surface area contributed by atoms with E-state index in [1.165, 1.54) is 12.1 Å². The SMILES string of the molecule is CN(CCCOc1ccc(F)cc1)C(=O)c1cccc2n[nH]nc12. The Balaban J connectivity index is 1.53. The van der Waals surface area contributed by atoms with Crippen molar-refractivity contribution in [3.63, 3.8) is 0 Å². The molecule has 7 heteroatoms. The van der Waals surface area contributed by atoms with E-state index in [2.05, 4.69) is 15.4 Å². The second-order valence-corrected chi connectivity index (χ2v) is 5.38. The minimum absolute atomic E-state index is 0.115. The first-order valence-electron chi connectivity index (χ1n) is 7.58. The van der Waals surface area contributed by atoms with Crippen molar-refractivity contribution in [3.05, 3.63) is 53.8 Å². The number of ether oxygens (including phenoxy) is 1. The Hall–Kier alpha value is -2.96. The molecule has 124 valence electrons. The molecule has 0 spiro atoms. The third-order valence-electron chi connectivity index (χ3n) is 3.64. The fourth-order valence-corrected chi connectivity index (χ4v) is 2.37. The zero-order valence-electron chi connectivity index (χ0n) is 13.2. The van der Waals surface area contributed by atoms with Gasteiger partial charge in [0.2, 0.25) is 0 Å². The lowest BCUT2D eigenvalue weighted by Gasteiger charge is -2.17. The molecule has 0 unspecified atom stereocenters. The molecule has 1 amide bonds. The normalized spacial score (nSPS) is 10.8. The molecular formula is C17H17FN4O2.